The molecule has 0 fully saturated rings. The second-order valence-electron chi connectivity index (χ2n) is 4.15. The Morgan fingerprint density at radius 2 is 2.21 bits per heavy atom. The Kier molecular flexibility index (Phi) is 3.61. The molecule has 4 N–H and O–H groups in total. The Balaban J connectivity index is 2.19. The second-order valence-corrected chi connectivity index (χ2v) is 4.15. The van der Waals surface area contributed by atoms with Gasteiger partial charge >= 0.3 is 0 Å². The zero-order valence-electron chi connectivity index (χ0n) is 10.4. The summed E-state index contributed by atoms with van der Waals surface area (Å²) in [5.41, 5.74) is 6.81. The summed E-state index contributed by atoms with van der Waals surface area (Å²) in [6.07, 6.45) is 1.57. The number of aromatic nitrogens is 1. The van der Waals surface area contributed by atoms with Crippen LogP contribution in [0.4, 0.5) is 5.69 Å². The average molecular weight is 258 g/mol. The zero-order chi connectivity index (χ0) is 13.8. The molecular weight excluding hydrogens is 244 g/mol. The molecule has 0 bridgehead atoms. The maximum atomic E-state index is 11.8. The third-order valence-corrected chi connectivity index (χ3v) is 2.81. The van der Waals surface area contributed by atoms with E-state index >= 15 is 0 Å². The van der Waals surface area contributed by atoms with Crippen molar-refractivity contribution < 1.29 is 10.0 Å². The lowest BCUT2D eigenvalue weighted by atomic mass is 10.1. The fourth-order valence-corrected chi connectivity index (χ4v) is 1.61. The van der Waals surface area contributed by atoms with Gasteiger partial charge in [-0.15, -0.1) is 0 Å². The standard InChI is InChI=1S/C13H14N4O2/c1-8(12(14)17-19)13(18)16-10-6-9-4-2-3-5-11(9)15-7-10/h2-8,19H,1H3,(H2,14,17)(H,16,18). The monoisotopic (exact) mass is 258 g/mol. The molecule has 1 unspecified atom stereocenters. The van der Waals surface area contributed by atoms with Crippen LogP contribution in [0.3, 0.4) is 0 Å². The fraction of sp³-hybridized carbons (Fsp3) is 0.154. The summed E-state index contributed by atoms with van der Waals surface area (Å²) in [4.78, 5) is 16.1. The highest BCUT2D eigenvalue weighted by Crippen LogP contribution is 2.16. The molecule has 0 aliphatic carbocycles. The summed E-state index contributed by atoms with van der Waals surface area (Å²) in [6, 6.07) is 9.41. The van der Waals surface area contributed by atoms with Gasteiger partial charge in [-0.2, -0.15) is 0 Å². The van der Waals surface area contributed by atoms with E-state index in [-0.39, 0.29) is 11.7 Å². The quantitative estimate of drug-likeness (QED) is 0.336. The van der Waals surface area contributed by atoms with E-state index in [1.807, 2.05) is 30.3 Å². The number of amidine groups is 1. The number of carbonyl (C=O) groups excluding carboxylic acids is 1. The summed E-state index contributed by atoms with van der Waals surface area (Å²) in [5.74, 6) is -1.20. The molecule has 0 aliphatic heterocycles. The molecule has 0 saturated carbocycles. The van der Waals surface area contributed by atoms with Crippen LogP contribution >= 0.6 is 0 Å². The Labute approximate surface area is 109 Å². The van der Waals surface area contributed by atoms with Crippen LogP contribution in [0.2, 0.25) is 0 Å². The Morgan fingerprint density at radius 1 is 1.47 bits per heavy atom. The van der Waals surface area contributed by atoms with Gasteiger partial charge in [0.2, 0.25) is 5.91 Å². The third kappa shape index (κ3) is 2.79. The van der Waals surface area contributed by atoms with Gasteiger partial charge in [0.15, 0.2) is 5.84 Å². The lowest BCUT2D eigenvalue weighted by Crippen LogP contribution is -2.32. The van der Waals surface area contributed by atoms with Crippen LogP contribution in [-0.4, -0.2) is 21.9 Å². The normalized spacial score (nSPS) is 13.2. The minimum Gasteiger partial charge on any atom is -0.409 e. The first-order chi connectivity index (χ1) is 9.11. The number of amides is 1. The van der Waals surface area contributed by atoms with Crippen molar-refractivity contribution in [3.05, 3.63) is 36.5 Å². The van der Waals surface area contributed by atoms with E-state index < -0.39 is 5.92 Å². The number of pyridine rings is 1. The molecule has 1 aromatic heterocycles. The van der Waals surface area contributed by atoms with Gasteiger partial charge in [-0.1, -0.05) is 23.4 Å². The largest absolute Gasteiger partial charge is 0.409 e. The molecule has 6 heteroatoms. The molecule has 2 rings (SSSR count). The number of oxime groups is 1. The molecule has 1 amide bonds. The van der Waals surface area contributed by atoms with Crippen LogP contribution in [0, 0.1) is 5.92 Å². The number of benzene rings is 1. The first-order valence-corrected chi connectivity index (χ1v) is 5.75. The number of nitrogens with one attached hydrogen (secondary N) is 1. The molecule has 1 heterocycles. The molecule has 98 valence electrons. The zero-order valence-corrected chi connectivity index (χ0v) is 10.4. The number of hydrogen-bond acceptors (Lipinski definition) is 4. The molecule has 0 aliphatic rings. The van der Waals surface area contributed by atoms with E-state index in [0.29, 0.717) is 5.69 Å². The maximum Gasteiger partial charge on any atom is 0.234 e. The van der Waals surface area contributed by atoms with Gasteiger partial charge in [0.25, 0.3) is 0 Å². The number of nitrogens with zero attached hydrogens (tertiary/aromatic N) is 2. The minimum atomic E-state index is -0.712. The first kappa shape index (κ1) is 12.8. The highest BCUT2D eigenvalue weighted by Gasteiger charge is 2.17. The maximum absolute atomic E-state index is 11.8. The highest BCUT2D eigenvalue weighted by molar-refractivity contribution is 6.07. The summed E-state index contributed by atoms with van der Waals surface area (Å²) in [6.45, 7) is 1.55. The van der Waals surface area contributed by atoms with E-state index in [0.717, 1.165) is 10.9 Å². The smallest absolute Gasteiger partial charge is 0.234 e. The van der Waals surface area contributed by atoms with Crippen molar-refractivity contribution in [2.24, 2.45) is 16.8 Å². The lowest BCUT2D eigenvalue weighted by Gasteiger charge is -2.10. The van der Waals surface area contributed by atoms with Crippen molar-refractivity contribution in [3.63, 3.8) is 0 Å². The molecule has 1 atom stereocenters. The third-order valence-electron chi connectivity index (χ3n) is 2.81. The van der Waals surface area contributed by atoms with Crippen molar-refractivity contribution in [2.45, 2.75) is 6.92 Å². The van der Waals surface area contributed by atoms with Gasteiger partial charge < -0.3 is 16.3 Å². The molecular formula is C13H14N4O2. The molecule has 19 heavy (non-hydrogen) atoms. The molecule has 6 nitrogen and oxygen atoms in total. The van der Waals surface area contributed by atoms with Gasteiger partial charge in [-0.25, -0.2) is 0 Å². The van der Waals surface area contributed by atoms with Gasteiger partial charge in [0.1, 0.15) is 0 Å². The topological polar surface area (TPSA) is 101 Å². The van der Waals surface area contributed by atoms with Crippen LogP contribution in [0.1, 0.15) is 6.92 Å². The fourth-order valence-electron chi connectivity index (χ4n) is 1.61. The van der Waals surface area contributed by atoms with Gasteiger partial charge in [-0.05, 0) is 19.1 Å². The SMILES string of the molecule is CC(C(=O)Nc1cnc2ccccc2c1)C(N)=NO. The van der Waals surface area contributed by atoms with E-state index in [2.05, 4.69) is 15.5 Å². The van der Waals surface area contributed by atoms with E-state index in [1.165, 1.54) is 0 Å². The number of nitrogens with two attached hydrogens (primary N) is 1. The Hall–Kier alpha value is -2.63. The van der Waals surface area contributed by atoms with Gasteiger partial charge in [-0.3, -0.25) is 9.78 Å². The molecule has 0 saturated heterocycles. The number of hydrogen-bond donors (Lipinski definition) is 3. The summed E-state index contributed by atoms with van der Waals surface area (Å²) < 4.78 is 0. The van der Waals surface area contributed by atoms with E-state index in [1.54, 1.807) is 13.1 Å². The predicted octanol–water partition coefficient (Wildman–Crippen LogP) is 1.56. The number of rotatable bonds is 3. The van der Waals surface area contributed by atoms with E-state index in [4.69, 9.17) is 10.9 Å². The first-order valence-electron chi connectivity index (χ1n) is 5.75. The van der Waals surface area contributed by atoms with Crippen LogP contribution in [-0.2, 0) is 4.79 Å². The van der Waals surface area contributed by atoms with Gasteiger partial charge in [0, 0.05) is 5.39 Å². The number of para-hydroxylation sites is 1. The second kappa shape index (κ2) is 5.34. The van der Waals surface area contributed by atoms with E-state index in [9.17, 15) is 4.79 Å². The molecule has 2 aromatic rings. The minimum absolute atomic E-state index is 0.133. The lowest BCUT2D eigenvalue weighted by molar-refractivity contribution is -0.117. The van der Waals surface area contributed by atoms with Crippen LogP contribution in [0.25, 0.3) is 10.9 Å². The number of anilines is 1. The van der Waals surface area contributed by atoms with Crippen molar-refractivity contribution in [2.75, 3.05) is 5.32 Å². The number of fused-ring (bicyclic) bond motifs is 1. The molecule has 0 radical (unpaired) electrons. The van der Waals surface area contributed by atoms with Gasteiger partial charge in [0.05, 0.1) is 23.3 Å². The summed E-state index contributed by atoms with van der Waals surface area (Å²) in [5, 5.41) is 15.0. The van der Waals surface area contributed by atoms with Crippen molar-refractivity contribution >= 4 is 28.3 Å². The molecule has 0 spiro atoms. The predicted molar refractivity (Wildman–Crippen MR) is 72.9 cm³/mol. The Morgan fingerprint density at radius 3 is 2.95 bits per heavy atom. The highest BCUT2D eigenvalue weighted by atomic mass is 16.4. The molecule has 1 aromatic carbocycles. The van der Waals surface area contributed by atoms with Crippen LogP contribution < -0.4 is 11.1 Å². The van der Waals surface area contributed by atoms with Crippen LogP contribution in [0.15, 0.2) is 41.7 Å². The summed E-state index contributed by atoms with van der Waals surface area (Å²) in [7, 11) is 0. The van der Waals surface area contributed by atoms with Crippen LogP contribution in [0.5, 0.6) is 0 Å². The number of carbonyl (C=O) groups is 1. The van der Waals surface area contributed by atoms with Crippen molar-refractivity contribution in [1.82, 2.24) is 4.98 Å². The summed E-state index contributed by atoms with van der Waals surface area (Å²) >= 11 is 0. The average Bonchev–Trinajstić information content (AvgIpc) is 2.45. The Bertz CT molecular complexity index is 639. The van der Waals surface area contributed by atoms with Crippen molar-refractivity contribution in [3.8, 4) is 0 Å². The van der Waals surface area contributed by atoms with Crippen molar-refractivity contribution in [1.29, 1.82) is 0 Å².